The average Bonchev–Trinajstić information content (AvgIpc) is 2.61. The van der Waals surface area contributed by atoms with Gasteiger partial charge in [0.05, 0.1) is 11.4 Å². The number of aromatic nitrogens is 2. The molecular formula is C18H23FN6. The van der Waals surface area contributed by atoms with E-state index in [9.17, 15) is 4.39 Å². The summed E-state index contributed by atoms with van der Waals surface area (Å²) in [5, 5.41) is 3.13. The molecule has 7 heteroatoms. The van der Waals surface area contributed by atoms with Gasteiger partial charge in [-0.25, -0.2) is 14.4 Å². The molecule has 1 aromatic carbocycles. The zero-order valence-electron chi connectivity index (χ0n) is 14.2. The summed E-state index contributed by atoms with van der Waals surface area (Å²) in [6, 6.07) is 7.96. The molecule has 2 heterocycles. The normalized spacial score (nSPS) is 19.0. The number of benzene rings is 1. The first-order valence-corrected chi connectivity index (χ1v) is 8.33. The topological polar surface area (TPSA) is 93.1 Å². The Morgan fingerprint density at radius 2 is 2.20 bits per heavy atom. The molecule has 3 rings (SSSR count). The highest BCUT2D eigenvalue weighted by Crippen LogP contribution is 2.26. The number of piperidine rings is 1. The predicted octanol–water partition coefficient (Wildman–Crippen LogP) is 2.38. The van der Waals surface area contributed by atoms with Crippen molar-refractivity contribution in [2.45, 2.75) is 18.8 Å². The van der Waals surface area contributed by atoms with Crippen LogP contribution in [0.2, 0.25) is 0 Å². The van der Waals surface area contributed by atoms with Crippen LogP contribution in [0.15, 0.2) is 36.5 Å². The highest BCUT2D eigenvalue weighted by atomic mass is 19.1. The number of hydrogen-bond acceptors (Lipinski definition) is 6. The monoisotopic (exact) mass is 342 g/mol. The lowest BCUT2D eigenvalue weighted by Crippen LogP contribution is -2.32. The van der Waals surface area contributed by atoms with Gasteiger partial charge in [0.2, 0.25) is 0 Å². The van der Waals surface area contributed by atoms with Gasteiger partial charge in [-0.2, -0.15) is 0 Å². The molecular weight excluding hydrogens is 319 g/mol. The lowest BCUT2D eigenvalue weighted by molar-refractivity contribution is 0.246. The van der Waals surface area contributed by atoms with Crippen molar-refractivity contribution in [1.29, 1.82) is 0 Å². The average molecular weight is 342 g/mol. The van der Waals surface area contributed by atoms with Crippen LogP contribution in [-0.4, -0.2) is 35.0 Å². The lowest BCUT2D eigenvalue weighted by atomic mass is 9.97. The van der Waals surface area contributed by atoms with Gasteiger partial charge in [0.15, 0.2) is 0 Å². The number of hydrogen-bond donors (Lipinski definition) is 3. The van der Waals surface area contributed by atoms with Crippen molar-refractivity contribution in [1.82, 2.24) is 14.9 Å². The summed E-state index contributed by atoms with van der Waals surface area (Å²) in [7, 11) is 2.09. The number of halogens is 1. The zero-order valence-corrected chi connectivity index (χ0v) is 14.2. The maximum absolute atomic E-state index is 13.4. The number of anilines is 2. The van der Waals surface area contributed by atoms with Gasteiger partial charge in [-0.15, -0.1) is 0 Å². The highest BCUT2D eigenvalue weighted by Gasteiger charge is 2.22. The molecule has 0 radical (unpaired) electrons. The minimum absolute atomic E-state index is 0.234. The van der Waals surface area contributed by atoms with Crippen LogP contribution in [-0.2, 0) is 0 Å². The van der Waals surface area contributed by atoms with E-state index in [1.807, 2.05) is 0 Å². The van der Waals surface area contributed by atoms with Gasteiger partial charge in [-0.1, -0.05) is 6.07 Å². The number of nitrogens with one attached hydrogen (secondary N) is 1. The molecule has 0 amide bonds. The maximum Gasteiger partial charge on any atom is 0.135 e. The Labute approximate surface area is 146 Å². The van der Waals surface area contributed by atoms with Crippen LogP contribution in [0.3, 0.4) is 0 Å². The summed E-state index contributed by atoms with van der Waals surface area (Å²) in [4.78, 5) is 11.5. The molecule has 0 bridgehead atoms. The molecule has 1 aromatic heterocycles. The van der Waals surface area contributed by atoms with Gasteiger partial charge in [0, 0.05) is 30.4 Å². The number of rotatable bonds is 4. The third kappa shape index (κ3) is 4.24. The molecule has 1 aliphatic heterocycles. The minimum Gasteiger partial charge on any atom is -0.403 e. The molecule has 6 nitrogen and oxygen atoms in total. The summed E-state index contributed by atoms with van der Waals surface area (Å²) < 4.78 is 13.4. The van der Waals surface area contributed by atoms with Crippen molar-refractivity contribution in [3.63, 3.8) is 0 Å². The third-order valence-electron chi connectivity index (χ3n) is 4.31. The van der Waals surface area contributed by atoms with E-state index in [0.717, 1.165) is 31.8 Å². The molecule has 132 valence electrons. The van der Waals surface area contributed by atoms with Crippen molar-refractivity contribution < 1.29 is 4.39 Å². The van der Waals surface area contributed by atoms with Crippen molar-refractivity contribution in [3.8, 4) is 0 Å². The predicted molar refractivity (Wildman–Crippen MR) is 97.5 cm³/mol. The van der Waals surface area contributed by atoms with Gasteiger partial charge >= 0.3 is 0 Å². The SMILES string of the molecule is CN1CCCC(c2nc(Nc3cccc(F)c3)cc(/C(N)=C/N)n2)C1. The Morgan fingerprint density at radius 1 is 1.36 bits per heavy atom. The molecule has 1 atom stereocenters. The molecule has 1 unspecified atom stereocenters. The van der Waals surface area contributed by atoms with E-state index in [0.29, 0.717) is 22.9 Å². The summed E-state index contributed by atoms with van der Waals surface area (Å²) >= 11 is 0. The van der Waals surface area contributed by atoms with Gasteiger partial charge in [0.1, 0.15) is 17.5 Å². The van der Waals surface area contributed by atoms with Crippen LogP contribution in [0, 0.1) is 5.82 Å². The van der Waals surface area contributed by atoms with Crippen molar-refractivity contribution in [2.75, 3.05) is 25.5 Å². The molecule has 25 heavy (non-hydrogen) atoms. The quantitative estimate of drug-likeness (QED) is 0.790. The Kier molecular flexibility index (Phi) is 5.14. The molecule has 0 spiro atoms. The molecule has 2 aromatic rings. The van der Waals surface area contributed by atoms with Crippen LogP contribution >= 0.6 is 0 Å². The highest BCUT2D eigenvalue weighted by molar-refractivity contribution is 5.64. The Bertz CT molecular complexity index is 776. The van der Waals surface area contributed by atoms with E-state index >= 15 is 0 Å². The van der Waals surface area contributed by atoms with Crippen molar-refractivity contribution in [3.05, 3.63) is 53.9 Å². The Balaban J connectivity index is 1.95. The van der Waals surface area contributed by atoms with E-state index in [4.69, 9.17) is 11.5 Å². The fraction of sp³-hybridized carbons (Fsp3) is 0.333. The zero-order chi connectivity index (χ0) is 17.8. The first-order chi connectivity index (χ1) is 12.0. The van der Waals surface area contributed by atoms with Crippen LogP contribution < -0.4 is 16.8 Å². The Morgan fingerprint density at radius 3 is 2.92 bits per heavy atom. The van der Waals surface area contributed by atoms with Gasteiger partial charge in [0.25, 0.3) is 0 Å². The number of likely N-dealkylation sites (N-methyl/N-ethyl adjacent to an activating group) is 1. The summed E-state index contributed by atoms with van der Waals surface area (Å²) in [6.45, 7) is 1.98. The second kappa shape index (κ2) is 7.48. The summed E-state index contributed by atoms with van der Waals surface area (Å²) in [5.41, 5.74) is 13.1. The number of nitrogens with zero attached hydrogens (tertiary/aromatic N) is 3. The largest absolute Gasteiger partial charge is 0.403 e. The van der Waals surface area contributed by atoms with Gasteiger partial charge < -0.3 is 21.7 Å². The first-order valence-electron chi connectivity index (χ1n) is 8.33. The first kappa shape index (κ1) is 17.2. The minimum atomic E-state index is -0.310. The van der Waals surface area contributed by atoms with Crippen molar-refractivity contribution >= 4 is 17.2 Å². The van der Waals surface area contributed by atoms with Crippen LogP contribution in [0.4, 0.5) is 15.9 Å². The molecule has 1 aliphatic rings. The number of nitrogens with two attached hydrogens (primary N) is 2. The second-order valence-corrected chi connectivity index (χ2v) is 6.36. The van der Waals surface area contributed by atoms with E-state index in [2.05, 4.69) is 27.2 Å². The van der Waals surface area contributed by atoms with Gasteiger partial charge in [-0.05, 0) is 44.6 Å². The maximum atomic E-state index is 13.4. The fourth-order valence-corrected chi connectivity index (χ4v) is 3.04. The van der Waals surface area contributed by atoms with Crippen LogP contribution in [0.5, 0.6) is 0 Å². The fourth-order valence-electron chi connectivity index (χ4n) is 3.04. The Hall–Kier alpha value is -2.67. The third-order valence-corrected chi connectivity index (χ3v) is 4.31. The molecule has 0 aliphatic carbocycles. The van der Waals surface area contributed by atoms with Crippen LogP contribution in [0.25, 0.3) is 5.70 Å². The molecule has 5 N–H and O–H groups in total. The number of likely N-dealkylation sites (tertiary alicyclic amines) is 1. The summed E-state index contributed by atoms with van der Waals surface area (Å²) in [5.74, 6) is 1.23. The van der Waals surface area contributed by atoms with E-state index in [-0.39, 0.29) is 11.7 Å². The molecule has 0 saturated carbocycles. The van der Waals surface area contributed by atoms with E-state index in [1.165, 1.54) is 18.3 Å². The lowest BCUT2D eigenvalue weighted by Gasteiger charge is -2.29. The summed E-state index contributed by atoms with van der Waals surface area (Å²) in [6.07, 6.45) is 3.45. The van der Waals surface area contributed by atoms with E-state index in [1.54, 1.807) is 18.2 Å². The molecule has 1 saturated heterocycles. The van der Waals surface area contributed by atoms with E-state index < -0.39 is 0 Å². The standard InChI is InChI=1S/C18H23FN6/c1-25-7-3-4-12(11-25)18-23-16(15(21)10-20)9-17(24-18)22-14-6-2-5-13(19)8-14/h2,5-6,8-10,12H,3-4,7,11,20-21H2,1H3,(H,22,23,24)/b15-10-. The second-order valence-electron chi connectivity index (χ2n) is 6.36. The van der Waals surface area contributed by atoms with Crippen LogP contribution in [0.1, 0.15) is 30.3 Å². The van der Waals surface area contributed by atoms with Crippen molar-refractivity contribution in [2.24, 2.45) is 11.5 Å². The van der Waals surface area contributed by atoms with Gasteiger partial charge in [-0.3, -0.25) is 0 Å². The smallest absolute Gasteiger partial charge is 0.135 e. The molecule has 1 fully saturated rings.